The molecule has 1 heterocycles. The number of aromatic nitrogens is 1. The SMILES string of the molecule is Cc1cc(CCC(C)(C)C)cc(CCC(=O)C(C)(C)C)n1. The quantitative estimate of drug-likeness (QED) is 0.770. The van der Waals surface area contributed by atoms with Crippen molar-refractivity contribution in [2.45, 2.75) is 74.1 Å². The third kappa shape index (κ3) is 6.88. The molecular formula is C19H31NO. The molecule has 1 aromatic heterocycles. The number of nitrogens with zero attached hydrogens (tertiary/aromatic N) is 1. The number of aryl methyl sites for hydroxylation is 3. The molecule has 0 aromatic carbocycles. The Kier molecular flexibility index (Phi) is 5.72. The van der Waals surface area contributed by atoms with Crippen molar-refractivity contribution in [3.8, 4) is 0 Å². The standard InChI is InChI=1S/C19H31NO/c1-14-12-15(10-11-18(2,3)4)13-16(20-14)8-9-17(21)19(5,6)7/h12-13H,8-11H2,1-7H3. The normalized spacial score (nSPS) is 12.5. The number of ketones is 1. The van der Waals surface area contributed by atoms with E-state index in [4.69, 9.17) is 0 Å². The van der Waals surface area contributed by atoms with Crippen molar-refractivity contribution in [1.82, 2.24) is 4.98 Å². The third-order valence-corrected chi connectivity index (χ3v) is 3.67. The van der Waals surface area contributed by atoms with Gasteiger partial charge in [0.2, 0.25) is 0 Å². The molecule has 21 heavy (non-hydrogen) atoms. The molecule has 0 radical (unpaired) electrons. The first kappa shape index (κ1) is 17.9. The van der Waals surface area contributed by atoms with Gasteiger partial charge in [-0.3, -0.25) is 9.78 Å². The predicted molar refractivity (Wildman–Crippen MR) is 89.5 cm³/mol. The molecule has 0 aliphatic carbocycles. The molecule has 0 N–H and O–H groups in total. The summed E-state index contributed by atoms with van der Waals surface area (Å²) in [6, 6.07) is 4.34. The Balaban J connectivity index is 2.71. The molecule has 0 atom stereocenters. The van der Waals surface area contributed by atoms with Gasteiger partial charge in [-0.15, -0.1) is 0 Å². The van der Waals surface area contributed by atoms with E-state index in [-0.39, 0.29) is 5.41 Å². The highest BCUT2D eigenvalue weighted by Gasteiger charge is 2.20. The summed E-state index contributed by atoms with van der Waals surface area (Å²) >= 11 is 0. The lowest BCUT2D eigenvalue weighted by molar-refractivity contribution is -0.126. The minimum absolute atomic E-state index is 0.251. The van der Waals surface area contributed by atoms with E-state index in [0.29, 0.717) is 17.6 Å². The lowest BCUT2D eigenvalue weighted by Gasteiger charge is -2.18. The smallest absolute Gasteiger partial charge is 0.138 e. The van der Waals surface area contributed by atoms with Crippen LogP contribution in [-0.4, -0.2) is 10.8 Å². The molecule has 2 nitrogen and oxygen atoms in total. The molecule has 0 fully saturated rings. The van der Waals surface area contributed by atoms with E-state index in [0.717, 1.165) is 30.7 Å². The Bertz CT molecular complexity index is 489. The number of rotatable bonds is 5. The van der Waals surface area contributed by atoms with Crippen molar-refractivity contribution in [1.29, 1.82) is 0 Å². The van der Waals surface area contributed by atoms with E-state index in [1.807, 2.05) is 27.7 Å². The maximum Gasteiger partial charge on any atom is 0.138 e. The van der Waals surface area contributed by atoms with Crippen LogP contribution in [0.15, 0.2) is 12.1 Å². The number of Topliss-reactive ketones (excluding diaryl/α,β-unsaturated/α-hetero) is 1. The Labute approximate surface area is 130 Å². The number of hydrogen-bond donors (Lipinski definition) is 0. The van der Waals surface area contributed by atoms with Crippen LogP contribution in [0.3, 0.4) is 0 Å². The van der Waals surface area contributed by atoms with Crippen molar-refractivity contribution < 1.29 is 4.79 Å². The van der Waals surface area contributed by atoms with Crippen LogP contribution in [0.1, 0.15) is 71.3 Å². The first-order valence-electron chi connectivity index (χ1n) is 7.97. The molecule has 118 valence electrons. The molecule has 1 rings (SSSR count). The van der Waals surface area contributed by atoms with Crippen molar-refractivity contribution in [3.05, 3.63) is 29.1 Å². The van der Waals surface area contributed by atoms with Crippen molar-refractivity contribution in [2.75, 3.05) is 0 Å². The summed E-state index contributed by atoms with van der Waals surface area (Å²) in [5, 5.41) is 0. The Hall–Kier alpha value is -1.18. The van der Waals surface area contributed by atoms with Gasteiger partial charge in [0.15, 0.2) is 0 Å². The first-order chi connectivity index (χ1) is 9.47. The summed E-state index contributed by atoms with van der Waals surface area (Å²) in [6.45, 7) is 14.8. The fraction of sp³-hybridized carbons (Fsp3) is 0.684. The molecule has 0 amide bonds. The van der Waals surface area contributed by atoms with Gasteiger partial charge in [-0.25, -0.2) is 0 Å². The van der Waals surface area contributed by atoms with Crippen molar-refractivity contribution in [3.63, 3.8) is 0 Å². The second kappa shape index (κ2) is 6.72. The molecule has 0 aliphatic rings. The van der Waals surface area contributed by atoms with E-state index in [2.05, 4.69) is 37.9 Å². The van der Waals surface area contributed by atoms with Crippen LogP contribution in [0, 0.1) is 17.8 Å². The van der Waals surface area contributed by atoms with Crippen molar-refractivity contribution >= 4 is 5.78 Å². The highest BCUT2D eigenvalue weighted by Crippen LogP contribution is 2.22. The van der Waals surface area contributed by atoms with Gasteiger partial charge in [0.25, 0.3) is 0 Å². The van der Waals surface area contributed by atoms with Crippen LogP contribution in [-0.2, 0) is 17.6 Å². The minimum atomic E-state index is -0.251. The monoisotopic (exact) mass is 289 g/mol. The molecule has 0 bridgehead atoms. The van der Waals surface area contributed by atoms with Gasteiger partial charge >= 0.3 is 0 Å². The molecule has 1 aromatic rings. The second-order valence-electron chi connectivity index (χ2n) is 8.34. The van der Waals surface area contributed by atoms with E-state index >= 15 is 0 Å². The molecule has 0 aliphatic heterocycles. The number of carbonyl (C=O) groups excluding carboxylic acids is 1. The number of pyridine rings is 1. The molecule has 0 saturated heterocycles. The average Bonchev–Trinajstić information content (AvgIpc) is 2.31. The number of carbonyl (C=O) groups is 1. The maximum atomic E-state index is 12.0. The highest BCUT2D eigenvalue weighted by atomic mass is 16.1. The Morgan fingerprint density at radius 2 is 1.67 bits per heavy atom. The third-order valence-electron chi connectivity index (χ3n) is 3.67. The lowest BCUT2D eigenvalue weighted by atomic mass is 9.87. The number of hydrogen-bond acceptors (Lipinski definition) is 2. The van der Waals surface area contributed by atoms with E-state index in [1.54, 1.807) is 0 Å². The van der Waals surface area contributed by atoms with Gasteiger partial charge in [0, 0.05) is 23.2 Å². The van der Waals surface area contributed by atoms with Crippen LogP contribution >= 0.6 is 0 Å². The molecule has 2 heteroatoms. The van der Waals surface area contributed by atoms with Gasteiger partial charge in [-0.1, -0.05) is 41.5 Å². The second-order valence-corrected chi connectivity index (χ2v) is 8.34. The van der Waals surface area contributed by atoms with Crippen LogP contribution in [0.25, 0.3) is 0 Å². The minimum Gasteiger partial charge on any atom is -0.299 e. The van der Waals surface area contributed by atoms with Gasteiger partial charge in [-0.2, -0.15) is 0 Å². The maximum absolute atomic E-state index is 12.0. The zero-order valence-corrected chi connectivity index (χ0v) is 14.8. The zero-order valence-electron chi connectivity index (χ0n) is 14.8. The average molecular weight is 289 g/mol. The summed E-state index contributed by atoms with van der Waals surface area (Å²) in [4.78, 5) is 16.6. The van der Waals surface area contributed by atoms with Gasteiger partial charge in [0.05, 0.1) is 0 Å². The van der Waals surface area contributed by atoms with Crippen LogP contribution in [0.4, 0.5) is 0 Å². The summed E-state index contributed by atoms with van der Waals surface area (Å²) in [5.74, 6) is 0.307. The summed E-state index contributed by atoms with van der Waals surface area (Å²) in [6.07, 6.45) is 3.57. The largest absolute Gasteiger partial charge is 0.299 e. The molecule has 0 saturated carbocycles. The van der Waals surface area contributed by atoms with E-state index in [9.17, 15) is 4.79 Å². The molecule has 0 unspecified atom stereocenters. The van der Waals surface area contributed by atoms with Crippen LogP contribution < -0.4 is 0 Å². The van der Waals surface area contributed by atoms with Crippen LogP contribution in [0.5, 0.6) is 0 Å². The summed E-state index contributed by atoms with van der Waals surface area (Å²) < 4.78 is 0. The molecule has 0 spiro atoms. The molecular weight excluding hydrogens is 258 g/mol. The van der Waals surface area contributed by atoms with E-state index in [1.165, 1.54) is 5.56 Å². The highest BCUT2D eigenvalue weighted by molar-refractivity contribution is 5.83. The zero-order chi connectivity index (χ0) is 16.3. The fourth-order valence-electron chi connectivity index (χ4n) is 2.22. The predicted octanol–water partition coefficient (Wildman–Crippen LogP) is 4.92. The summed E-state index contributed by atoms with van der Waals surface area (Å²) in [5.41, 5.74) is 3.55. The Morgan fingerprint density at radius 3 is 2.19 bits per heavy atom. The summed E-state index contributed by atoms with van der Waals surface area (Å²) in [7, 11) is 0. The first-order valence-corrected chi connectivity index (χ1v) is 7.97. The Morgan fingerprint density at radius 1 is 1.05 bits per heavy atom. The van der Waals surface area contributed by atoms with Gasteiger partial charge in [-0.05, 0) is 49.3 Å². The van der Waals surface area contributed by atoms with Gasteiger partial charge < -0.3 is 0 Å². The van der Waals surface area contributed by atoms with Crippen LogP contribution in [0.2, 0.25) is 0 Å². The van der Waals surface area contributed by atoms with E-state index < -0.39 is 0 Å². The topological polar surface area (TPSA) is 30.0 Å². The van der Waals surface area contributed by atoms with Crippen molar-refractivity contribution in [2.24, 2.45) is 10.8 Å². The fourth-order valence-corrected chi connectivity index (χ4v) is 2.22. The van der Waals surface area contributed by atoms with Gasteiger partial charge in [0.1, 0.15) is 5.78 Å². The lowest BCUT2D eigenvalue weighted by Crippen LogP contribution is -2.20.